The van der Waals surface area contributed by atoms with E-state index in [-0.39, 0.29) is 0 Å². The maximum Gasteiger partial charge on any atom is 0.134 e. The van der Waals surface area contributed by atoms with Crippen molar-refractivity contribution in [3.63, 3.8) is 0 Å². The largest absolute Gasteiger partial charge is 0.391 e. The van der Waals surface area contributed by atoms with Gasteiger partial charge in [0.1, 0.15) is 5.01 Å². The lowest BCUT2D eigenvalue weighted by Crippen LogP contribution is -1.72. The van der Waals surface area contributed by atoms with Crippen molar-refractivity contribution in [1.29, 1.82) is 0 Å². The summed E-state index contributed by atoms with van der Waals surface area (Å²) >= 11 is 9.14. The molecule has 0 fully saturated rings. The molecule has 0 unspecified atom stereocenters. The first-order chi connectivity index (χ1) is 7.72. The van der Waals surface area contributed by atoms with Crippen LogP contribution in [0.1, 0.15) is 0 Å². The summed E-state index contributed by atoms with van der Waals surface area (Å²) in [7, 11) is 0. The Morgan fingerprint density at radius 1 is 1.12 bits per heavy atom. The second-order valence-corrected chi connectivity index (χ2v) is 5.92. The van der Waals surface area contributed by atoms with Gasteiger partial charge in [0.05, 0.1) is 20.1 Å². The monoisotopic (exact) mass is 266 g/mol. The number of fused-ring (bicyclic) bond motifs is 1. The molecular formula is C11H7ClN2S2. The standard InChI is InChI=1S/C11H7ClN2S2/c12-6-1-2-8-7(5-6)14-11(16-8)9-3-4-10(13)15-9/h1-5H,13H2. The average molecular weight is 267 g/mol. The third-order valence-corrected chi connectivity index (χ3v) is 4.54. The van der Waals surface area contributed by atoms with Crippen molar-refractivity contribution in [3.8, 4) is 9.88 Å². The van der Waals surface area contributed by atoms with Crippen molar-refractivity contribution in [2.75, 3.05) is 5.73 Å². The fourth-order valence-electron chi connectivity index (χ4n) is 1.47. The number of anilines is 1. The van der Waals surface area contributed by atoms with Crippen LogP contribution in [-0.2, 0) is 0 Å². The zero-order chi connectivity index (χ0) is 11.1. The minimum absolute atomic E-state index is 0.718. The van der Waals surface area contributed by atoms with E-state index in [1.54, 1.807) is 22.7 Å². The Bertz CT molecular complexity index is 657. The van der Waals surface area contributed by atoms with Crippen LogP contribution in [-0.4, -0.2) is 4.98 Å². The molecule has 3 rings (SSSR count). The molecule has 0 amide bonds. The predicted octanol–water partition coefficient (Wildman–Crippen LogP) is 4.26. The first-order valence-electron chi connectivity index (χ1n) is 4.64. The lowest BCUT2D eigenvalue weighted by molar-refractivity contribution is 1.50. The van der Waals surface area contributed by atoms with Gasteiger partial charge in [-0.3, -0.25) is 0 Å². The molecule has 16 heavy (non-hydrogen) atoms. The van der Waals surface area contributed by atoms with E-state index in [1.807, 2.05) is 30.3 Å². The van der Waals surface area contributed by atoms with Crippen molar-refractivity contribution in [2.45, 2.75) is 0 Å². The van der Waals surface area contributed by atoms with Crippen LogP contribution in [0.2, 0.25) is 5.02 Å². The number of aromatic nitrogens is 1. The Hall–Kier alpha value is -1.10. The predicted molar refractivity (Wildman–Crippen MR) is 72.4 cm³/mol. The van der Waals surface area contributed by atoms with Gasteiger partial charge in [-0.25, -0.2) is 4.98 Å². The van der Waals surface area contributed by atoms with Crippen molar-refractivity contribution in [2.24, 2.45) is 0 Å². The molecule has 0 saturated heterocycles. The molecule has 3 aromatic rings. The van der Waals surface area contributed by atoms with Crippen molar-refractivity contribution < 1.29 is 0 Å². The quantitative estimate of drug-likeness (QED) is 0.715. The summed E-state index contributed by atoms with van der Waals surface area (Å²) < 4.78 is 1.14. The Labute approximate surface area is 105 Å². The fraction of sp³-hybridized carbons (Fsp3) is 0. The Balaban J connectivity index is 2.18. The number of rotatable bonds is 1. The molecule has 2 aromatic heterocycles. The van der Waals surface area contributed by atoms with Crippen LogP contribution in [0.25, 0.3) is 20.1 Å². The molecule has 0 atom stereocenters. The first-order valence-corrected chi connectivity index (χ1v) is 6.65. The molecule has 2 nitrogen and oxygen atoms in total. The molecule has 80 valence electrons. The van der Waals surface area contributed by atoms with Crippen molar-refractivity contribution in [3.05, 3.63) is 35.4 Å². The fourth-order valence-corrected chi connectivity index (χ4v) is 3.42. The van der Waals surface area contributed by atoms with Crippen LogP contribution in [0.4, 0.5) is 5.00 Å². The summed E-state index contributed by atoms with van der Waals surface area (Å²) in [5.74, 6) is 0. The molecule has 2 heterocycles. The molecule has 1 aromatic carbocycles. The molecule has 0 radical (unpaired) electrons. The van der Waals surface area contributed by atoms with Crippen LogP contribution in [0.5, 0.6) is 0 Å². The van der Waals surface area contributed by atoms with Gasteiger partial charge in [0.15, 0.2) is 0 Å². The number of nitrogens with two attached hydrogens (primary N) is 1. The average Bonchev–Trinajstić information content (AvgIpc) is 2.83. The van der Waals surface area contributed by atoms with Crippen molar-refractivity contribution in [1.82, 2.24) is 4.98 Å². The number of thiazole rings is 1. The van der Waals surface area contributed by atoms with Crippen LogP contribution < -0.4 is 5.73 Å². The van der Waals surface area contributed by atoms with E-state index in [2.05, 4.69) is 4.98 Å². The minimum atomic E-state index is 0.718. The Kier molecular flexibility index (Phi) is 2.35. The molecule has 0 bridgehead atoms. The maximum atomic E-state index is 5.93. The molecular weight excluding hydrogens is 260 g/mol. The number of benzene rings is 1. The van der Waals surface area contributed by atoms with Gasteiger partial charge in [-0.1, -0.05) is 11.6 Å². The zero-order valence-corrected chi connectivity index (χ0v) is 10.5. The molecule has 0 spiro atoms. The van der Waals surface area contributed by atoms with E-state index in [0.717, 1.165) is 30.1 Å². The third-order valence-electron chi connectivity index (χ3n) is 2.19. The number of hydrogen-bond acceptors (Lipinski definition) is 4. The third kappa shape index (κ3) is 1.69. The summed E-state index contributed by atoms with van der Waals surface area (Å²) in [6.45, 7) is 0. The summed E-state index contributed by atoms with van der Waals surface area (Å²) in [5, 5.41) is 2.53. The minimum Gasteiger partial charge on any atom is -0.391 e. The smallest absolute Gasteiger partial charge is 0.134 e. The maximum absolute atomic E-state index is 5.93. The van der Waals surface area contributed by atoms with E-state index in [0.29, 0.717) is 0 Å². The highest BCUT2D eigenvalue weighted by Gasteiger charge is 2.08. The Morgan fingerprint density at radius 2 is 2.00 bits per heavy atom. The van der Waals surface area contributed by atoms with E-state index in [4.69, 9.17) is 17.3 Å². The van der Waals surface area contributed by atoms with Gasteiger partial charge < -0.3 is 5.73 Å². The number of nitrogen functional groups attached to an aromatic ring is 1. The highest BCUT2D eigenvalue weighted by atomic mass is 35.5. The Morgan fingerprint density at radius 3 is 2.75 bits per heavy atom. The summed E-state index contributed by atoms with van der Waals surface area (Å²) in [6, 6.07) is 9.66. The number of halogens is 1. The van der Waals surface area contributed by atoms with Crippen molar-refractivity contribution >= 4 is 49.5 Å². The molecule has 5 heteroatoms. The normalized spacial score (nSPS) is 11.1. The lowest BCUT2D eigenvalue weighted by Gasteiger charge is -1.86. The summed E-state index contributed by atoms with van der Waals surface area (Å²) in [6.07, 6.45) is 0. The summed E-state index contributed by atoms with van der Waals surface area (Å²) in [5.41, 5.74) is 6.65. The van der Waals surface area contributed by atoms with E-state index < -0.39 is 0 Å². The first kappa shape index (κ1) is 10.1. The van der Waals surface area contributed by atoms with Gasteiger partial charge in [-0.2, -0.15) is 0 Å². The van der Waals surface area contributed by atoms with Crippen LogP contribution in [0.3, 0.4) is 0 Å². The van der Waals surface area contributed by atoms with Gasteiger partial charge in [0.2, 0.25) is 0 Å². The SMILES string of the molecule is Nc1ccc(-c2nc3cc(Cl)ccc3s2)s1. The van der Waals surface area contributed by atoms with Crippen LogP contribution >= 0.6 is 34.3 Å². The van der Waals surface area contributed by atoms with Crippen LogP contribution in [0.15, 0.2) is 30.3 Å². The number of thiophene rings is 1. The number of nitrogens with zero attached hydrogens (tertiary/aromatic N) is 1. The second kappa shape index (κ2) is 3.73. The molecule has 2 N–H and O–H groups in total. The number of hydrogen-bond donors (Lipinski definition) is 1. The molecule has 0 aliphatic rings. The topological polar surface area (TPSA) is 38.9 Å². The van der Waals surface area contributed by atoms with Crippen LogP contribution in [0, 0.1) is 0 Å². The van der Waals surface area contributed by atoms with Gasteiger partial charge in [0.25, 0.3) is 0 Å². The molecule has 0 saturated carbocycles. The summed E-state index contributed by atoms with van der Waals surface area (Å²) in [4.78, 5) is 5.65. The van der Waals surface area contributed by atoms with Gasteiger partial charge >= 0.3 is 0 Å². The van der Waals surface area contributed by atoms with Gasteiger partial charge in [-0.15, -0.1) is 22.7 Å². The van der Waals surface area contributed by atoms with Gasteiger partial charge in [0, 0.05) is 5.02 Å². The lowest BCUT2D eigenvalue weighted by atomic mass is 10.3. The second-order valence-electron chi connectivity index (χ2n) is 3.33. The highest BCUT2D eigenvalue weighted by Crippen LogP contribution is 2.35. The molecule has 0 aliphatic heterocycles. The van der Waals surface area contributed by atoms with Gasteiger partial charge in [-0.05, 0) is 30.3 Å². The highest BCUT2D eigenvalue weighted by molar-refractivity contribution is 7.26. The van der Waals surface area contributed by atoms with E-state index >= 15 is 0 Å². The zero-order valence-electron chi connectivity index (χ0n) is 8.11. The van der Waals surface area contributed by atoms with E-state index in [9.17, 15) is 0 Å². The van der Waals surface area contributed by atoms with E-state index in [1.165, 1.54) is 0 Å². The molecule has 0 aliphatic carbocycles.